The van der Waals surface area contributed by atoms with Gasteiger partial charge in [-0.05, 0) is 31.5 Å². The normalized spacial score (nSPS) is 10.3. The fraction of sp³-hybridized carbons (Fsp3) is 0.250. The molecule has 0 saturated carbocycles. The zero-order valence-corrected chi connectivity index (χ0v) is 11.7. The Labute approximate surface area is 119 Å². The predicted octanol–water partition coefficient (Wildman–Crippen LogP) is 2.95. The highest BCUT2D eigenvalue weighted by Gasteiger charge is 2.16. The van der Waals surface area contributed by atoms with Gasteiger partial charge < -0.3 is 10.6 Å². The van der Waals surface area contributed by atoms with Gasteiger partial charge in [-0.2, -0.15) is 5.26 Å². The average molecular weight is 266 g/mol. The fourth-order valence-electron chi connectivity index (χ4n) is 2.12. The lowest BCUT2D eigenvalue weighted by molar-refractivity contribution is 0.681. The van der Waals surface area contributed by atoms with Gasteiger partial charge in [0.1, 0.15) is 6.07 Å². The summed E-state index contributed by atoms with van der Waals surface area (Å²) in [6.45, 7) is 4.84. The minimum absolute atomic E-state index is 0.242. The zero-order valence-electron chi connectivity index (χ0n) is 11.7. The average Bonchev–Trinajstić information content (AvgIpc) is 2.46. The molecule has 20 heavy (non-hydrogen) atoms. The minimum Gasteiger partial charge on any atom is -0.398 e. The van der Waals surface area contributed by atoms with Crippen LogP contribution in [0.2, 0.25) is 0 Å². The van der Waals surface area contributed by atoms with Crippen LogP contribution in [0, 0.1) is 11.3 Å². The first-order valence-corrected chi connectivity index (χ1v) is 6.57. The molecule has 0 bridgehead atoms. The molecule has 0 spiro atoms. The second-order valence-corrected chi connectivity index (χ2v) is 4.93. The van der Waals surface area contributed by atoms with Crippen LogP contribution in [0.15, 0.2) is 42.7 Å². The van der Waals surface area contributed by atoms with Crippen molar-refractivity contribution in [3.05, 3.63) is 53.9 Å². The standard InChI is InChI=1S/C16H18N4/c1-12(2)20(11-14-5-3-4-6-15(14)18)16-10-19-8-7-13(16)9-17/h3-8,10,12H,11,18H2,1-2H3. The lowest BCUT2D eigenvalue weighted by Gasteiger charge is -2.30. The Kier molecular flexibility index (Phi) is 4.21. The van der Waals surface area contributed by atoms with Crippen LogP contribution in [0.4, 0.5) is 11.4 Å². The van der Waals surface area contributed by atoms with Crippen molar-refractivity contribution < 1.29 is 0 Å². The van der Waals surface area contributed by atoms with Crippen molar-refractivity contribution in [2.75, 3.05) is 10.6 Å². The molecular formula is C16H18N4. The first-order valence-electron chi connectivity index (χ1n) is 6.57. The Morgan fingerprint density at radius 2 is 2.05 bits per heavy atom. The fourth-order valence-corrected chi connectivity index (χ4v) is 2.12. The van der Waals surface area contributed by atoms with E-state index in [1.165, 1.54) is 0 Å². The van der Waals surface area contributed by atoms with Crippen LogP contribution in [0.3, 0.4) is 0 Å². The lowest BCUT2D eigenvalue weighted by Crippen LogP contribution is -2.31. The largest absolute Gasteiger partial charge is 0.398 e. The molecule has 2 rings (SSSR count). The molecule has 1 aromatic carbocycles. The Hall–Kier alpha value is -2.54. The summed E-state index contributed by atoms with van der Waals surface area (Å²) in [6.07, 6.45) is 3.37. The van der Waals surface area contributed by atoms with Crippen molar-refractivity contribution >= 4 is 11.4 Å². The summed E-state index contributed by atoms with van der Waals surface area (Å²) in [5.41, 5.74) is 9.29. The third-order valence-electron chi connectivity index (χ3n) is 3.25. The molecule has 4 nitrogen and oxygen atoms in total. The van der Waals surface area contributed by atoms with E-state index in [4.69, 9.17) is 5.73 Å². The molecule has 2 aromatic rings. The third-order valence-corrected chi connectivity index (χ3v) is 3.25. The second kappa shape index (κ2) is 6.07. The quantitative estimate of drug-likeness (QED) is 0.864. The van der Waals surface area contributed by atoms with E-state index in [0.717, 1.165) is 16.9 Å². The van der Waals surface area contributed by atoms with Crippen molar-refractivity contribution in [2.45, 2.75) is 26.4 Å². The van der Waals surface area contributed by atoms with Crippen molar-refractivity contribution in [1.82, 2.24) is 4.98 Å². The molecule has 0 unspecified atom stereocenters. The van der Waals surface area contributed by atoms with Crippen LogP contribution in [-0.4, -0.2) is 11.0 Å². The van der Waals surface area contributed by atoms with Crippen molar-refractivity contribution in [1.29, 1.82) is 5.26 Å². The van der Waals surface area contributed by atoms with Crippen molar-refractivity contribution in [3.8, 4) is 6.07 Å². The summed E-state index contributed by atoms with van der Waals surface area (Å²) in [4.78, 5) is 6.27. The van der Waals surface area contributed by atoms with Gasteiger partial charge in [0.2, 0.25) is 0 Å². The van der Waals surface area contributed by atoms with E-state index < -0.39 is 0 Å². The number of nitrogen functional groups attached to an aromatic ring is 1. The number of benzene rings is 1. The van der Waals surface area contributed by atoms with Crippen LogP contribution >= 0.6 is 0 Å². The van der Waals surface area contributed by atoms with E-state index in [-0.39, 0.29) is 6.04 Å². The molecule has 102 valence electrons. The second-order valence-electron chi connectivity index (χ2n) is 4.93. The third kappa shape index (κ3) is 2.89. The Morgan fingerprint density at radius 1 is 1.30 bits per heavy atom. The SMILES string of the molecule is CC(C)N(Cc1ccccc1N)c1cnccc1C#N. The van der Waals surface area contributed by atoms with E-state index >= 15 is 0 Å². The number of hydrogen-bond acceptors (Lipinski definition) is 4. The van der Waals surface area contributed by atoms with Gasteiger partial charge >= 0.3 is 0 Å². The first kappa shape index (κ1) is 13.9. The molecule has 0 aliphatic rings. The van der Waals surface area contributed by atoms with Crippen LogP contribution in [0.1, 0.15) is 25.0 Å². The van der Waals surface area contributed by atoms with Gasteiger partial charge in [0.15, 0.2) is 0 Å². The number of rotatable bonds is 4. The number of hydrogen-bond donors (Lipinski definition) is 1. The van der Waals surface area contributed by atoms with E-state index in [9.17, 15) is 5.26 Å². The summed E-state index contributed by atoms with van der Waals surface area (Å²) < 4.78 is 0. The maximum Gasteiger partial charge on any atom is 0.101 e. The number of para-hydroxylation sites is 1. The van der Waals surface area contributed by atoms with Crippen LogP contribution in [0.25, 0.3) is 0 Å². The van der Waals surface area contributed by atoms with Gasteiger partial charge in [0.25, 0.3) is 0 Å². The van der Waals surface area contributed by atoms with E-state index in [1.54, 1.807) is 18.5 Å². The van der Waals surface area contributed by atoms with E-state index in [1.807, 2.05) is 24.3 Å². The number of pyridine rings is 1. The van der Waals surface area contributed by atoms with Gasteiger partial charge in [-0.1, -0.05) is 18.2 Å². The summed E-state index contributed by atoms with van der Waals surface area (Å²) in [6, 6.07) is 12.0. The molecule has 0 aliphatic carbocycles. The molecule has 1 aromatic heterocycles. The highest BCUT2D eigenvalue weighted by atomic mass is 15.2. The van der Waals surface area contributed by atoms with Crippen LogP contribution in [0.5, 0.6) is 0 Å². The summed E-state index contributed by atoms with van der Waals surface area (Å²) in [5.74, 6) is 0. The smallest absolute Gasteiger partial charge is 0.101 e. The molecule has 0 aliphatic heterocycles. The topological polar surface area (TPSA) is 65.9 Å². The number of nitrogens with zero attached hydrogens (tertiary/aromatic N) is 3. The number of aromatic nitrogens is 1. The number of anilines is 2. The maximum atomic E-state index is 9.24. The first-order chi connectivity index (χ1) is 9.63. The molecule has 0 radical (unpaired) electrons. The van der Waals surface area contributed by atoms with Crippen molar-refractivity contribution in [2.24, 2.45) is 0 Å². The van der Waals surface area contributed by atoms with Gasteiger partial charge in [-0.3, -0.25) is 4.98 Å². The number of nitrogens with two attached hydrogens (primary N) is 1. The summed E-state index contributed by atoms with van der Waals surface area (Å²) >= 11 is 0. The molecule has 4 heteroatoms. The van der Waals surface area contributed by atoms with Crippen molar-refractivity contribution in [3.63, 3.8) is 0 Å². The van der Waals surface area contributed by atoms with Crippen LogP contribution < -0.4 is 10.6 Å². The minimum atomic E-state index is 0.242. The molecule has 0 saturated heterocycles. The monoisotopic (exact) mass is 266 g/mol. The van der Waals surface area contributed by atoms with Gasteiger partial charge in [0, 0.05) is 24.5 Å². The van der Waals surface area contributed by atoms with E-state index in [0.29, 0.717) is 12.1 Å². The van der Waals surface area contributed by atoms with Crippen LogP contribution in [-0.2, 0) is 6.54 Å². The Balaban J connectivity index is 2.38. The van der Waals surface area contributed by atoms with Gasteiger partial charge in [-0.25, -0.2) is 0 Å². The number of nitriles is 1. The summed E-state index contributed by atoms with van der Waals surface area (Å²) in [7, 11) is 0. The molecule has 0 fully saturated rings. The van der Waals surface area contributed by atoms with Gasteiger partial charge in [-0.15, -0.1) is 0 Å². The predicted molar refractivity (Wildman–Crippen MR) is 81.1 cm³/mol. The van der Waals surface area contributed by atoms with Gasteiger partial charge in [0.05, 0.1) is 17.4 Å². The zero-order chi connectivity index (χ0) is 14.5. The molecule has 1 heterocycles. The molecular weight excluding hydrogens is 248 g/mol. The Bertz CT molecular complexity index is 628. The highest BCUT2D eigenvalue weighted by Crippen LogP contribution is 2.24. The molecule has 0 atom stereocenters. The molecule has 2 N–H and O–H groups in total. The summed E-state index contributed by atoms with van der Waals surface area (Å²) in [5, 5.41) is 9.24. The van der Waals surface area contributed by atoms with E-state index in [2.05, 4.69) is 29.8 Å². The lowest BCUT2D eigenvalue weighted by atomic mass is 10.1. The molecule has 0 amide bonds. The maximum absolute atomic E-state index is 9.24. The Morgan fingerprint density at radius 3 is 2.70 bits per heavy atom. The highest BCUT2D eigenvalue weighted by molar-refractivity contribution is 5.59.